The summed E-state index contributed by atoms with van der Waals surface area (Å²) in [6.45, 7) is 3.04. The average Bonchev–Trinajstić information content (AvgIpc) is 3.30. The third kappa shape index (κ3) is 6.26. The molecule has 1 aliphatic heterocycles. The molecular formula is C36H30N2O2S. The Labute approximate surface area is 245 Å². The summed E-state index contributed by atoms with van der Waals surface area (Å²) in [5.41, 5.74) is 5.17. The zero-order valence-corrected chi connectivity index (χ0v) is 23.7. The second-order valence-corrected chi connectivity index (χ2v) is 11.0. The standard InChI is InChI=1S/C36H30N2O2S/c1-26-18-20-31(21-19-26)37-36-38(23-22-27-10-3-2-4-11-27)35(39)34(41-36)24-29-13-6-8-17-33(29)40-25-30-15-9-14-28-12-5-7-16-32(28)30/h2-21,24H,22-23,25H2,1H3/b34-24+,37-36?. The van der Waals surface area contributed by atoms with Crippen molar-refractivity contribution in [3.63, 3.8) is 0 Å². The van der Waals surface area contributed by atoms with Crippen LogP contribution in [-0.2, 0) is 17.8 Å². The van der Waals surface area contributed by atoms with Crippen LogP contribution in [0.2, 0.25) is 0 Å². The van der Waals surface area contributed by atoms with Gasteiger partial charge < -0.3 is 4.74 Å². The van der Waals surface area contributed by atoms with E-state index in [9.17, 15) is 4.79 Å². The second-order valence-electron chi connectivity index (χ2n) is 10.00. The maximum absolute atomic E-state index is 13.7. The largest absolute Gasteiger partial charge is 0.488 e. The number of carbonyl (C=O) groups excluding carboxylic acids is 1. The number of carbonyl (C=O) groups is 1. The number of hydrogen-bond donors (Lipinski definition) is 0. The number of aryl methyl sites for hydroxylation is 1. The molecule has 0 radical (unpaired) electrons. The van der Waals surface area contributed by atoms with E-state index in [1.54, 1.807) is 4.90 Å². The highest BCUT2D eigenvalue weighted by Crippen LogP contribution is 2.36. The van der Waals surface area contributed by atoms with E-state index in [-0.39, 0.29) is 5.91 Å². The van der Waals surface area contributed by atoms with Crippen LogP contribution in [0.1, 0.15) is 22.3 Å². The first kappa shape index (κ1) is 26.6. The van der Waals surface area contributed by atoms with Crippen LogP contribution in [0.3, 0.4) is 0 Å². The lowest BCUT2D eigenvalue weighted by molar-refractivity contribution is -0.122. The number of benzene rings is 5. The van der Waals surface area contributed by atoms with Crippen molar-refractivity contribution < 1.29 is 9.53 Å². The van der Waals surface area contributed by atoms with Crippen molar-refractivity contribution in [2.75, 3.05) is 6.54 Å². The van der Waals surface area contributed by atoms with Gasteiger partial charge >= 0.3 is 0 Å². The lowest BCUT2D eigenvalue weighted by Gasteiger charge is -2.15. The quantitative estimate of drug-likeness (QED) is 0.180. The fourth-order valence-corrected chi connectivity index (χ4v) is 5.87. The molecule has 1 heterocycles. The number of amides is 1. The first-order chi connectivity index (χ1) is 20.1. The Morgan fingerprint density at radius 1 is 0.805 bits per heavy atom. The predicted octanol–water partition coefficient (Wildman–Crippen LogP) is 8.57. The number of aliphatic imine (C=N–C) groups is 1. The molecule has 0 aliphatic carbocycles. The van der Waals surface area contributed by atoms with Gasteiger partial charge in [0.2, 0.25) is 0 Å². The Bertz CT molecular complexity index is 1740. The summed E-state index contributed by atoms with van der Waals surface area (Å²) in [4.78, 5) is 21.0. The molecule has 4 nitrogen and oxygen atoms in total. The van der Waals surface area contributed by atoms with Crippen LogP contribution in [-0.4, -0.2) is 22.5 Å². The summed E-state index contributed by atoms with van der Waals surface area (Å²) in [7, 11) is 0. The van der Waals surface area contributed by atoms with Gasteiger partial charge in [-0.05, 0) is 71.3 Å². The molecule has 1 amide bonds. The molecule has 0 N–H and O–H groups in total. The van der Waals surface area contributed by atoms with Crippen molar-refractivity contribution in [3.8, 4) is 5.75 Å². The van der Waals surface area contributed by atoms with Gasteiger partial charge in [0.15, 0.2) is 5.17 Å². The molecule has 5 aromatic rings. The van der Waals surface area contributed by atoms with Crippen LogP contribution in [0.5, 0.6) is 5.75 Å². The number of para-hydroxylation sites is 1. The molecule has 5 heteroatoms. The summed E-state index contributed by atoms with van der Waals surface area (Å²) in [5, 5.41) is 3.06. The summed E-state index contributed by atoms with van der Waals surface area (Å²) in [6, 6.07) is 40.7. The second kappa shape index (κ2) is 12.3. The van der Waals surface area contributed by atoms with Gasteiger partial charge in [-0.15, -0.1) is 0 Å². The predicted molar refractivity (Wildman–Crippen MR) is 170 cm³/mol. The Balaban J connectivity index is 1.27. The number of hydrogen-bond acceptors (Lipinski definition) is 4. The summed E-state index contributed by atoms with van der Waals surface area (Å²) < 4.78 is 6.33. The molecular weight excluding hydrogens is 524 g/mol. The third-order valence-electron chi connectivity index (χ3n) is 7.08. The van der Waals surface area contributed by atoms with Gasteiger partial charge in [-0.1, -0.05) is 109 Å². The van der Waals surface area contributed by atoms with E-state index in [0.29, 0.717) is 23.2 Å². The third-order valence-corrected chi connectivity index (χ3v) is 8.09. The number of ether oxygens (including phenoxy) is 1. The van der Waals surface area contributed by atoms with Crippen LogP contribution >= 0.6 is 11.8 Å². The highest BCUT2D eigenvalue weighted by atomic mass is 32.2. The minimum Gasteiger partial charge on any atom is -0.488 e. The van der Waals surface area contributed by atoms with E-state index in [4.69, 9.17) is 9.73 Å². The summed E-state index contributed by atoms with van der Waals surface area (Å²) in [5.74, 6) is 0.696. The molecule has 0 unspecified atom stereocenters. The first-order valence-electron chi connectivity index (χ1n) is 13.7. The van der Waals surface area contributed by atoms with Crippen LogP contribution in [0.4, 0.5) is 5.69 Å². The minimum absolute atomic E-state index is 0.0411. The van der Waals surface area contributed by atoms with Gasteiger partial charge in [0.05, 0.1) is 10.6 Å². The molecule has 0 spiro atoms. The van der Waals surface area contributed by atoms with Gasteiger partial charge in [-0.2, -0.15) is 0 Å². The average molecular weight is 555 g/mol. The molecule has 1 aliphatic rings. The van der Waals surface area contributed by atoms with Crippen LogP contribution < -0.4 is 4.74 Å². The Morgan fingerprint density at radius 3 is 2.39 bits per heavy atom. The molecule has 1 fully saturated rings. The summed E-state index contributed by atoms with van der Waals surface area (Å²) >= 11 is 1.41. The highest BCUT2D eigenvalue weighted by Gasteiger charge is 2.33. The van der Waals surface area contributed by atoms with Crippen LogP contribution in [0, 0.1) is 6.92 Å². The fourth-order valence-electron chi connectivity index (χ4n) is 4.85. The van der Waals surface area contributed by atoms with E-state index in [1.165, 1.54) is 33.7 Å². The van der Waals surface area contributed by atoms with Gasteiger partial charge in [0.1, 0.15) is 12.4 Å². The zero-order chi connectivity index (χ0) is 28.0. The topological polar surface area (TPSA) is 41.9 Å². The van der Waals surface area contributed by atoms with E-state index in [0.717, 1.165) is 29.0 Å². The molecule has 0 atom stereocenters. The van der Waals surface area contributed by atoms with Crippen LogP contribution in [0.25, 0.3) is 16.8 Å². The zero-order valence-electron chi connectivity index (χ0n) is 22.9. The minimum atomic E-state index is -0.0411. The molecule has 1 saturated heterocycles. The molecule has 41 heavy (non-hydrogen) atoms. The lowest BCUT2D eigenvalue weighted by Crippen LogP contribution is -2.31. The van der Waals surface area contributed by atoms with Crippen molar-refractivity contribution in [3.05, 3.63) is 148 Å². The SMILES string of the molecule is Cc1ccc(N=C2S/C(=C/c3ccccc3OCc3cccc4ccccc34)C(=O)N2CCc2ccccc2)cc1. The molecule has 6 rings (SSSR count). The maximum Gasteiger partial charge on any atom is 0.266 e. The molecule has 202 valence electrons. The smallest absolute Gasteiger partial charge is 0.266 e. The van der Waals surface area contributed by atoms with Crippen molar-refractivity contribution in [1.29, 1.82) is 0 Å². The molecule has 0 saturated carbocycles. The monoisotopic (exact) mass is 554 g/mol. The van der Waals surface area contributed by atoms with E-state index < -0.39 is 0 Å². The van der Waals surface area contributed by atoms with Gasteiger partial charge in [-0.25, -0.2) is 4.99 Å². The van der Waals surface area contributed by atoms with Crippen molar-refractivity contribution >= 4 is 45.4 Å². The van der Waals surface area contributed by atoms with Gasteiger partial charge in [-0.3, -0.25) is 9.69 Å². The molecule has 5 aromatic carbocycles. The van der Waals surface area contributed by atoms with E-state index >= 15 is 0 Å². The Hall–Kier alpha value is -4.61. The number of amidine groups is 1. The van der Waals surface area contributed by atoms with E-state index in [1.807, 2.05) is 84.9 Å². The highest BCUT2D eigenvalue weighted by molar-refractivity contribution is 8.18. The normalized spacial score (nSPS) is 15.2. The lowest BCUT2D eigenvalue weighted by atomic mass is 10.1. The van der Waals surface area contributed by atoms with E-state index in [2.05, 4.69) is 49.4 Å². The van der Waals surface area contributed by atoms with Crippen LogP contribution in [0.15, 0.2) is 131 Å². The number of fused-ring (bicyclic) bond motifs is 1. The number of thioether (sulfide) groups is 1. The number of rotatable bonds is 8. The maximum atomic E-state index is 13.7. The van der Waals surface area contributed by atoms with Gasteiger partial charge in [0, 0.05) is 12.1 Å². The number of nitrogens with zero attached hydrogens (tertiary/aromatic N) is 2. The van der Waals surface area contributed by atoms with Gasteiger partial charge in [0.25, 0.3) is 5.91 Å². The first-order valence-corrected chi connectivity index (χ1v) is 14.5. The Kier molecular flexibility index (Phi) is 7.97. The molecule has 0 bridgehead atoms. The fraction of sp³-hybridized carbons (Fsp3) is 0.111. The van der Waals surface area contributed by atoms with Crippen molar-refractivity contribution in [2.24, 2.45) is 4.99 Å². The van der Waals surface area contributed by atoms with Crippen molar-refractivity contribution in [1.82, 2.24) is 4.90 Å². The van der Waals surface area contributed by atoms with Crippen molar-refractivity contribution in [2.45, 2.75) is 20.0 Å². The summed E-state index contributed by atoms with van der Waals surface area (Å²) in [6.07, 6.45) is 2.68. The Morgan fingerprint density at radius 2 is 1.54 bits per heavy atom. The molecule has 0 aromatic heterocycles.